The summed E-state index contributed by atoms with van der Waals surface area (Å²) in [6, 6.07) is 0. The van der Waals surface area contributed by atoms with Crippen molar-refractivity contribution in [1.82, 2.24) is 9.80 Å². The number of hydrogen-bond acceptors (Lipinski definition) is 6. The number of esters is 1. The molecule has 42 heavy (non-hydrogen) atoms. The molecule has 0 fully saturated rings. The minimum Gasteiger partial charge on any atom is -0.462 e. The van der Waals surface area contributed by atoms with E-state index in [4.69, 9.17) is 4.74 Å². The first kappa shape index (κ1) is 32.8. The van der Waals surface area contributed by atoms with Crippen molar-refractivity contribution in [2.45, 2.75) is 39.7 Å². The van der Waals surface area contributed by atoms with E-state index in [1.54, 1.807) is 18.7 Å². The van der Waals surface area contributed by atoms with E-state index in [1.807, 2.05) is 19.0 Å². The highest BCUT2D eigenvalue weighted by molar-refractivity contribution is 7.17. The lowest BCUT2D eigenvalue weighted by atomic mass is 10.0. The fourth-order valence-electron chi connectivity index (χ4n) is 3.49. The predicted octanol–water partition coefficient (Wildman–Crippen LogP) is 2.14. The van der Waals surface area contributed by atoms with E-state index in [0.29, 0.717) is 36.5 Å². The first-order chi connectivity index (χ1) is 20.4. The average molecular weight is 574 g/mol. The minimum atomic E-state index is -0.638. The second-order valence-electron chi connectivity index (χ2n) is 8.48. The zero-order valence-electron chi connectivity index (χ0n) is 23.9. The molecular weight excluding hydrogens is 546 g/mol. The number of nitrogens with one attached hydrogen (secondary N) is 1. The number of carbonyl (C=O) groups is 3. The van der Waals surface area contributed by atoms with Gasteiger partial charge in [0.1, 0.15) is 5.00 Å². The van der Waals surface area contributed by atoms with E-state index in [0.717, 1.165) is 23.4 Å². The summed E-state index contributed by atoms with van der Waals surface area (Å²) in [5.41, 5.74) is 1.11. The zero-order chi connectivity index (χ0) is 30.6. The molecule has 2 amide bonds. The van der Waals surface area contributed by atoms with Gasteiger partial charge in [0.05, 0.1) is 18.7 Å². The third-order valence-corrected chi connectivity index (χ3v) is 6.36. The highest BCUT2D eigenvalue weighted by Gasteiger charge is 2.30. The molecule has 7 nitrogen and oxygen atoms in total. The third kappa shape index (κ3) is 11.7. The lowest BCUT2D eigenvalue weighted by Crippen LogP contribution is -2.36. The molecule has 1 aromatic heterocycles. The second-order valence-corrected chi connectivity index (χ2v) is 9.58. The van der Waals surface area contributed by atoms with Crippen LogP contribution >= 0.6 is 11.3 Å². The highest BCUT2D eigenvalue weighted by Crippen LogP contribution is 2.37. The van der Waals surface area contributed by atoms with Crippen molar-refractivity contribution in [3.05, 3.63) is 16.0 Å². The van der Waals surface area contributed by atoms with Crippen LogP contribution in [0.3, 0.4) is 0 Å². The SMILES string of the molecule is CC#CC#CC#CC#CC#CC#CC#CC#CC(=O)Nc1sc2c(c1C(=O)OCC)CCN(C(=O)CCCN(C)C)C2. The van der Waals surface area contributed by atoms with Crippen molar-refractivity contribution in [1.29, 1.82) is 0 Å². The van der Waals surface area contributed by atoms with Crippen molar-refractivity contribution in [2.75, 3.05) is 39.1 Å². The Bertz CT molecular complexity index is 1720. The standard InChI is InChI=1S/C34H27N3O4S/c1-5-7-8-9-10-11-12-13-14-15-16-17-18-19-20-22-30(38)35-33-32(34(40)41-6-2)28-24-26-37(27-29(28)42-33)31(39)23-21-25-36(3)4/h6,21,23-27H2,1-4H3,(H,35,38). The van der Waals surface area contributed by atoms with Gasteiger partial charge in [0.25, 0.3) is 0 Å². The number of nitrogens with zero attached hydrogens (tertiary/aromatic N) is 2. The molecule has 0 saturated carbocycles. The largest absolute Gasteiger partial charge is 0.462 e. The molecule has 1 N–H and O–H groups in total. The molecule has 0 aliphatic carbocycles. The molecule has 0 spiro atoms. The Labute approximate surface area is 252 Å². The summed E-state index contributed by atoms with van der Waals surface area (Å²) in [7, 11) is 3.94. The molecule has 1 aliphatic rings. The first-order valence-electron chi connectivity index (χ1n) is 12.8. The van der Waals surface area contributed by atoms with Crippen molar-refractivity contribution in [3.63, 3.8) is 0 Å². The summed E-state index contributed by atoms with van der Waals surface area (Å²) in [6.45, 7) is 5.30. The van der Waals surface area contributed by atoms with Crippen LogP contribution in [0.15, 0.2) is 0 Å². The first-order valence-corrected chi connectivity index (χ1v) is 13.7. The molecule has 2 heterocycles. The summed E-state index contributed by atoms with van der Waals surface area (Å²) >= 11 is 1.25. The summed E-state index contributed by atoms with van der Waals surface area (Å²) in [5.74, 6) is 38.8. The minimum absolute atomic E-state index is 0.0690. The summed E-state index contributed by atoms with van der Waals surface area (Å²) in [4.78, 5) is 42.6. The van der Waals surface area contributed by atoms with Crippen LogP contribution in [0.1, 0.15) is 47.5 Å². The van der Waals surface area contributed by atoms with E-state index in [9.17, 15) is 14.4 Å². The quantitative estimate of drug-likeness (QED) is 0.400. The van der Waals surface area contributed by atoms with E-state index < -0.39 is 11.9 Å². The van der Waals surface area contributed by atoms with Gasteiger partial charge in [-0.25, -0.2) is 4.79 Å². The maximum Gasteiger partial charge on any atom is 0.341 e. The van der Waals surface area contributed by atoms with Crippen LogP contribution < -0.4 is 5.32 Å². The summed E-state index contributed by atoms with van der Waals surface area (Å²) < 4.78 is 5.24. The molecule has 1 aliphatic heterocycles. The van der Waals surface area contributed by atoms with Gasteiger partial charge in [-0.05, 0) is 136 Å². The van der Waals surface area contributed by atoms with Gasteiger partial charge in [0.2, 0.25) is 5.91 Å². The summed E-state index contributed by atoms with van der Waals surface area (Å²) in [5, 5.41) is 3.02. The van der Waals surface area contributed by atoms with Gasteiger partial charge < -0.3 is 19.9 Å². The Hall–Kier alpha value is -5.45. The zero-order valence-corrected chi connectivity index (χ0v) is 24.7. The monoisotopic (exact) mass is 573 g/mol. The molecule has 0 atom stereocenters. The van der Waals surface area contributed by atoms with Gasteiger partial charge in [-0.1, -0.05) is 5.92 Å². The summed E-state index contributed by atoms with van der Waals surface area (Å²) in [6.07, 6.45) is 1.72. The molecule has 0 aromatic carbocycles. The van der Waals surface area contributed by atoms with Crippen LogP contribution in [0.2, 0.25) is 0 Å². The van der Waals surface area contributed by atoms with Crippen molar-refractivity contribution < 1.29 is 19.1 Å². The molecule has 0 radical (unpaired) electrons. The Morgan fingerprint density at radius 2 is 1.48 bits per heavy atom. The average Bonchev–Trinajstić information content (AvgIpc) is 3.31. The van der Waals surface area contributed by atoms with Crippen LogP contribution in [-0.4, -0.2) is 61.4 Å². The Kier molecular flexibility index (Phi) is 14.6. The molecule has 8 heteroatoms. The molecule has 0 unspecified atom stereocenters. The number of amides is 2. The molecular formula is C34H27N3O4S. The van der Waals surface area contributed by atoms with Gasteiger partial charge in [-0.2, -0.15) is 0 Å². The molecule has 1 aromatic rings. The van der Waals surface area contributed by atoms with E-state index in [2.05, 4.69) is 100 Å². The number of carbonyl (C=O) groups excluding carboxylic acids is 3. The fourth-order valence-corrected chi connectivity index (χ4v) is 4.73. The number of hydrogen-bond donors (Lipinski definition) is 1. The van der Waals surface area contributed by atoms with Crippen molar-refractivity contribution in [2.24, 2.45) is 0 Å². The maximum absolute atomic E-state index is 12.7. The van der Waals surface area contributed by atoms with Gasteiger partial charge in [0, 0.05) is 23.8 Å². The van der Waals surface area contributed by atoms with Crippen LogP contribution in [0.5, 0.6) is 0 Å². The lowest BCUT2D eigenvalue weighted by molar-refractivity contribution is -0.132. The van der Waals surface area contributed by atoms with Gasteiger partial charge in [0.15, 0.2) is 0 Å². The highest BCUT2D eigenvalue weighted by atomic mass is 32.1. The van der Waals surface area contributed by atoms with Crippen molar-refractivity contribution >= 4 is 34.1 Å². The smallest absolute Gasteiger partial charge is 0.341 e. The Morgan fingerprint density at radius 1 is 0.905 bits per heavy atom. The number of fused-ring (bicyclic) bond motifs is 1. The van der Waals surface area contributed by atoms with E-state index in [1.165, 1.54) is 11.3 Å². The molecule has 2 rings (SSSR count). The van der Waals surface area contributed by atoms with Crippen LogP contribution in [-0.2, 0) is 27.3 Å². The number of ether oxygens (including phenoxy) is 1. The number of thiophene rings is 1. The number of anilines is 1. The molecule has 208 valence electrons. The van der Waals surface area contributed by atoms with E-state index in [-0.39, 0.29) is 12.5 Å². The maximum atomic E-state index is 12.7. The van der Waals surface area contributed by atoms with Gasteiger partial charge in [-0.3, -0.25) is 9.59 Å². The molecule has 0 bridgehead atoms. The third-order valence-electron chi connectivity index (χ3n) is 5.23. The normalized spacial score (nSPS) is 9.88. The second kappa shape index (κ2) is 18.8. The van der Waals surface area contributed by atoms with Crippen molar-refractivity contribution in [3.8, 4) is 94.7 Å². The fraction of sp³-hybridized carbons (Fsp3) is 0.324. The van der Waals surface area contributed by atoms with Crippen LogP contribution in [0.25, 0.3) is 0 Å². The van der Waals surface area contributed by atoms with Gasteiger partial charge in [-0.15, -0.1) is 11.3 Å². The predicted molar refractivity (Wildman–Crippen MR) is 164 cm³/mol. The van der Waals surface area contributed by atoms with Crippen LogP contribution in [0, 0.1) is 94.7 Å². The van der Waals surface area contributed by atoms with E-state index >= 15 is 0 Å². The number of rotatable bonds is 7. The Balaban J connectivity index is 2.05. The Morgan fingerprint density at radius 3 is 2.02 bits per heavy atom. The lowest BCUT2D eigenvalue weighted by Gasteiger charge is -2.27. The topological polar surface area (TPSA) is 79.0 Å². The van der Waals surface area contributed by atoms with Crippen LogP contribution in [0.4, 0.5) is 5.00 Å². The molecule has 0 saturated heterocycles. The van der Waals surface area contributed by atoms with Gasteiger partial charge >= 0.3 is 11.9 Å².